The Balaban J connectivity index is 1.43. The fraction of sp³-hybridized carbons (Fsp3) is 1.00. The normalized spacial score (nSPS) is 34.0. The summed E-state index contributed by atoms with van der Waals surface area (Å²) in [6.07, 6.45) is 7.42. The molecule has 5 heteroatoms. The number of aliphatic hydroxyl groups excluding tert-OH is 2. The third-order valence-corrected chi connectivity index (χ3v) is 4.45. The van der Waals surface area contributed by atoms with Crippen molar-refractivity contribution in [2.45, 2.75) is 75.8 Å². The molecule has 0 aliphatic heterocycles. The Morgan fingerprint density at radius 3 is 1.48 bits per heavy atom. The van der Waals surface area contributed by atoms with Gasteiger partial charge in [0.1, 0.15) is 0 Å². The average Bonchev–Trinajstić information content (AvgIpc) is 2.50. The Hall–Kier alpha value is -0.200. The van der Waals surface area contributed by atoms with Crippen LogP contribution >= 0.6 is 0 Å². The lowest BCUT2D eigenvalue weighted by Gasteiger charge is -2.28. The molecule has 2 N–H and O–H groups in total. The number of hydrogen-bond donors (Lipinski definition) is 2. The fourth-order valence-electron chi connectivity index (χ4n) is 3.16. The lowest BCUT2D eigenvalue weighted by atomic mass is 9.95. The summed E-state index contributed by atoms with van der Waals surface area (Å²) in [4.78, 5) is 0. The zero-order valence-corrected chi connectivity index (χ0v) is 12.9. The zero-order chi connectivity index (χ0) is 14.9. The fourth-order valence-corrected chi connectivity index (χ4v) is 3.16. The van der Waals surface area contributed by atoms with Gasteiger partial charge in [-0.25, -0.2) is 0 Å². The lowest BCUT2D eigenvalue weighted by molar-refractivity contribution is -0.0903. The SMILES string of the molecule is O[C@@H]1CCCC[C@@H]1OCCOCCO[C@@H]1CCCC[C@@H]1O. The van der Waals surface area contributed by atoms with Crippen LogP contribution in [0.5, 0.6) is 0 Å². The summed E-state index contributed by atoms with van der Waals surface area (Å²) >= 11 is 0. The van der Waals surface area contributed by atoms with Gasteiger partial charge in [-0.3, -0.25) is 0 Å². The van der Waals surface area contributed by atoms with Crippen molar-refractivity contribution in [3.63, 3.8) is 0 Å². The Kier molecular flexibility index (Phi) is 7.96. The molecule has 0 radical (unpaired) electrons. The van der Waals surface area contributed by atoms with E-state index in [4.69, 9.17) is 14.2 Å². The van der Waals surface area contributed by atoms with Gasteiger partial charge in [-0.05, 0) is 25.7 Å². The second-order valence-corrected chi connectivity index (χ2v) is 6.13. The zero-order valence-electron chi connectivity index (χ0n) is 12.9. The van der Waals surface area contributed by atoms with Gasteiger partial charge in [0.05, 0.1) is 50.8 Å². The molecule has 2 aliphatic rings. The Labute approximate surface area is 127 Å². The summed E-state index contributed by atoms with van der Waals surface area (Å²) in [6.45, 7) is 2.10. The number of hydrogen-bond acceptors (Lipinski definition) is 5. The van der Waals surface area contributed by atoms with Gasteiger partial charge < -0.3 is 24.4 Å². The van der Waals surface area contributed by atoms with E-state index in [0.29, 0.717) is 26.4 Å². The number of ether oxygens (including phenoxy) is 3. The number of rotatable bonds is 8. The van der Waals surface area contributed by atoms with Crippen molar-refractivity contribution in [1.29, 1.82) is 0 Å². The summed E-state index contributed by atoms with van der Waals surface area (Å²) in [7, 11) is 0. The minimum atomic E-state index is -0.310. The molecule has 0 amide bonds. The van der Waals surface area contributed by atoms with Crippen LogP contribution in [-0.4, -0.2) is 61.1 Å². The van der Waals surface area contributed by atoms with Crippen LogP contribution in [-0.2, 0) is 14.2 Å². The van der Waals surface area contributed by atoms with E-state index >= 15 is 0 Å². The molecule has 2 fully saturated rings. The summed E-state index contributed by atoms with van der Waals surface area (Å²) in [5.74, 6) is 0. The number of aliphatic hydroxyl groups is 2. The van der Waals surface area contributed by atoms with Gasteiger partial charge in [-0.1, -0.05) is 25.7 Å². The van der Waals surface area contributed by atoms with Gasteiger partial charge in [-0.15, -0.1) is 0 Å². The molecule has 5 nitrogen and oxygen atoms in total. The van der Waals surface area contributed by atoms with Crippen molar-refractivity contribution < 1.29 is 24.4 Å². The molecule has 0 aromatic carbocycles. The molecule has 4 atom stereocenters. The molecule has 2 aliphatic carbocycles. The van der Waals surface area contributed by atoms with Crippen molar-refractivity contribution >= 4 is 0 Å². The second-order valence-electron chi connectivity index (χ2n) is 6.13. The molecule has 124 valence electrons. The summed E-state index contributed by atoms with van der Waals surface area (Å²) in [5.41, 5.74) is 0. The molecular formula is C16H30O5. The Morgan fingerprint density at radius 1 is 0.619 bits per heavy atom. The van der Waals surface area contributed by atoms with Gasteiger partial charge in [0.25, 0.3) is 0 Å². The van der Waals surface area contributed by atoms with E-state index in [1.807, 2.05) is 0 Å². The predicted octanol–water partition coefficient (Wildman–Crippen LogP) is 1.64. The van der Waals surface area contributed by atoms with Gasteiger partial charge in [0.15, 0.2) is 0 Å². The summed E-state index contributed by atoms with van der Waals surface area (Å²) in [6, 6.07) is 0. The monoisotopic (exact) mass is 302 g/mol. The predicted molar refractivity (Wildman–Crippen MR) is 79.2 cm³/mol. The topological polar surface area (TPSA) is 68.2 Å². The molecule has 0 aromatic heterocycles. The van der Waals surface area contributed by atoms with Crippen LogP contribution in [0.3, 0.4) is 0 Å². The van der Waals surface area contributed by atoms with E-state index in [2.05, 4.69) is 0 Å². The quantitative estimate of drug-likeness (QED) is 0.667. The van der Waals surface area contributed by atoms with E-state index < -0.39 is 0 Å². The van der Waals surface area contributed by atoms with E-state index in [1.165, 1.54) is 0 Å². The first kappa shape index (κ1) is 17.2. The van der Waals surface area contributed by atoms with E-state index in [-0.39, 0.29) is 24.4 Å². The van der Waals surface area contributed by atoms with Crippen LogP contribution in [0.25, 0.3) is 0 Å². The molecule has 0 spiro atoms. The largest absolute Gasteiger partial charge is 0.390 e. The van der Waals surface area contributed by atoms with Crippen molar-refractivity contribution in [3.8, 4) is 0 Å². The summed E-state index contributed by atoms with van der Waals surface area (Å²) < 4.78 is 16.8. The maximum absolute atomic E-state index is 9.77. The molecule has 0 heterocycles. The lowest BCUT2D eigenvalue weighted by Crippen LogP contribution is -2.34. The highest BCUT2D eigenvalue weighted by Gasteiger charge is 2.24. The molecule has 2 rings (SSSR count). The van der Waals surface area contributed by atoms with Crippen molar-refractivity contribution in [3.05, 3.63) is 0 Å². The maximum atomic E-state index is 9.77. The highest BCUT2D eigenvalue weighted by molar-refractivity contribution is 4.75. The maximum Gasteiger partial charge on any atom is 0.0835 e. The van der Waals surface area contributed by atoms with Crippen LogP contribution < -0.4 is 0 Å². The van der Waals surface area contributed by atoms with E-state index in [9.17, 15) is 10.2 Å². The first-order chi connectivity index (χ1) is 10.3. The van der Waals surface area contributed by atoms with Crippen LogP contribution in [0.1, 0.15) is 51.4 Å². The van der Waals surface area contributed by atoms with Crippen LogP contribution in [0.15, 0.2) is 0 Å². The van der Waals surface area contributed by atoms with Crippen LogP contribution in [0.4, 0.5) is 0 Å². The third-order valence-electron chi connectivity index (χ3n) is 4.45. The first-order valence-corrected chi connectivity index (χ1v) is 8.44. The molecule has 0 bridgehead atoms. The minimum absolute atomic E-state index is 0.0176. The molecule has 21 heavy (non-hydrogen) atoms. The van der Waals surface area contributed by atoms with E-state index in [0.717, 1.165) is 51.4 Å². The first-order valence-electron chi connectivity index (χ1n) is 8.44. The average molecular weight is 302 g/mol. The van der Waals surface area contributed by atoms with Gasteiger partial charge >= 0.3 is 0 Å². The Bertz CT molecular complexity index is 247. The van der Waals surface area contributed by atoms with Crippen LogP contribution in [0, 0.1) is 0 Å². The minimum Gasteiger partial charge on any atom is -0.390 e. The highest BCUT2D eigenvalue weighted by atomic mass is 16.6. The van der Waals surface area contributed by atoms with E-state index in [1.54, 1.807) is 0 Å². The Morgan fingerprint density at radius 2 is 1.05 bits per heavy atom. The smallest absolute Gasteiger partial charge is 0.0835 e. The highest BCUT2D eigenvalue weighted by Crippen LogP contribution is 2.21. The van der Waals surface area contributed by atoms with Crippen LogP contribution in [0.2, 0.25) is 0 Å². The molecule has 0 unspecified atom stereocenters. The molecule has 0 aromatic rings. The van der Waals surface area contributed by atoms with Crippen molar-refractivity contribution in [2.75, 3.05) is 26.4 Å². The molecule has 0 saturated heterocycles. The van der Waals surface area contributed by atoms with Crippen molar-refractivity contribution in [2.24, 2.45) is 0 Å². The standard InChI is InChI=1S/C16H30O5/c17-13-5-1-3-7-15(13)20-11-9-19-10-12-21-16-8-4-2-6-14(16)18/h13-18H,1-12H2/t13-,14+,15+,16-. The van der Waals surface area contributed by atoms with Gasteiger partial charge in [0.2, 0.25) is 0 Å². The summed E-state index contributed by atoms with van der Waals surface area (Å²) in [5, 5.41) is 19.5. The van der Waals surface area contributed by atoms with Gasteiger partial charge in [-0.2, -0.15) is 0 Å². The molecular weight excluding hydrogens is 272 g/mol. The second kappa shape index (κ2) is 9.74. The van der Waals surface area contributed by atoms with Crippen molar-refractivity contribution in [1.82, 2.24) is 0 Å². The molecule has 2 saturated carbocycles. The van der Waals surface area contributed by atoms with Gasteiger partial charge in [0, 0.05) is 0 Å². The third kappa shape index (κ3) is 6.20.